The molecule has 3 N–H and O–H groups in total. The number of hydrogen-bond donors (Lipinski definition) is 3. The van der Waals surface area contributed by atoms with E-state index in [1.54, 1.807) is 6.20 Å². The first kappa shape index (κ1) is 8.23. The smallest absolute Gasteiger partial charge is 0.197 e. The molecule has 4 heteroatoms. The number of Topliss-reactive ketones (excluding diaryl/α,β-unsaturated/α-hetero) is 1. The number of aliphatic hydroxyl groups excluding tert-OH is 1. The average molecular weight is 156 g/mol. The van der Waals surface area contributed by atoms with E-state index in [1.165, 1.54) is 6.92 Å². The summed E-state index contributed by atoms with van der Waals surface area (Å²) in [7, 11) is 0. The monoisotopic (exact) mass is 156 g/mol. The van der Waals surface area contributed by atoms with Gasteiger partial charge < -0.3 is 10.4 Å². The highest BCUT2D eigenvalue weighted by atomic mass is 16.3. The second-order valence-corrected chi connectivity index (χ2v) is 2.49. The third-order valence-corrected chi connectivity index (χ3v) is 1.52. The van der Waals surface area contributed by atoms with Crippen molar-refractivity contribution in [1.29, 1.82) is 0 Å². The van der Waals surface area contributed by atoms with Crippen LogP contribution in [-0.2, 0) is 4.79 Å². The maximum atomic E-state index is 11.1. The highest BCUT2D eigenvalue weighted by Crippen LogP contribution is 1.92. The number of aliphatic hydroxyl groups is 1. The van der Waals surface area contributed by atoms with Gasteiger partial charge in [-0.05, 0) is 13.1 Å². The topological polar surface area (TPSA) is 61.4 Å². The summed E-state index contributed by atoms with van der Waals surface area (Å²) < 4.78 is 0. The van der Waals surface area contributed by atoms with E-state index in [9.17, 15) is 4.79 Å². The van der Waals surface area contributed by atoms with Crippen LogP contribution in [0.1, 0.15) is 6.92 Å². The van der Waals surface area contributed by atoms with Crippen molar-refractivity contribution in [2.75, 3.05) is 6.54 Å². The normalized spacial score (nSPS) is 25.8. The van der Waals surface area contributed by atoms with Crippen LogP contribution in [0.15, 0.2) is 12.3 Å². The fourth-order valence-electron chi connectivity index (χ4n) is 0.892. The number of hydrogen-bond acceptors (Lipinski definition) is 4. The van der Waals surface area contributed by atoms with Crippen LogP contribution in [0.25, 0.3) is 0 Å². The highest BCUT2D eigenvalue weighted by Gasteiger charge is 2.21. The molecule has 1 heterocycles. The standard InChI is InChI=1S/C7H12N2O2/c1-5(10)6(11)7-8-3-2-4-9-7/h2-3,5,7-10H,4H2,1H3. The number of rotatable bonds is 2. The zero-order valence-electron chi connectivity index (χ0n) is 6.37. The minimum absolute atomic E-state index is 0.227. The predicted molar refractivity (Wildman–Crippen MR) is 40.8 cm³/mol. The summed E-state index contributed by atoms with van der Waals surface area (Å²) in [5.74, 6) is -0.227. The molecule has 2 unspecified atom stereocenters. The van der Waals surface area contributed by atoms with Crippen LogP contribution in [0, 0.1) is 0 Å². The molecule has 2 atom stereocenters. The fourth-order valence-corrected chi connectivity index (χ4v) is 0.892. The summed E-state index contributed by atoms with van der Waals surface area (Å²) in [6, 6.07) is 0. The van der Waals surface area contributed by atoms with Crippen molar-refractivity contribution in [2.45, 2.75) is 19.2 Å². The average Bonchev–Trinajstić information content (AvgIpc) is 2.05. The van der Waals surface area contributed by atoms with Gasteiger partial charge in [0, 0.05) is 6.54 Å². The van der Waals surface area contributed by atoms with Crippen LogP contribution >= 0.6 is 0 Å². The van der Waals surface area contributed by atoms with Gasteiger partial charge in [0.05, 0.1) is 0 Å². The Hall–Kier alpha value is -0.870. The van der Waals surface area contributed by atoms with Gasteiger partial charge in [-0.15, -0.1) is 0 Å². The molecule has 62 valence electrons. The van der Waals surface area contributed by atoms with Gasteiger partial charge in [0.15, 0.2) is 5.78 Å². The van der Waals surface area contributed by atoms with Gasteiger partial charge in [0.2, 0.25) is 0 Å². The molecule has 11 heavy (non-hydrogen) atoms. The third kappa shape index (κ3) is 2.03. The molecule has 0 aliphatic carbocycles. The highest BCUT2D eigenvalue weighted by molar-refractivity contribution is 5.87. The van der Waals surface area contributed by atoms with Gasteiger partial charge in [-0.2, -0.15) is 0 Å². The van der Waals surface area contributed by atoms with Crippen LogP contribution in [0.3, 0.4) is 0 Å². The molecule has 1 aliphatic rings. The van der Waals surface area contributed by atoms with Crippen molar-refractivity contribution in [3.63, 3.8) is 0 Å². The Labute approximate surface area is 65.3 Å². The van der Waals surface area contributed by atoms with Crippen molar-refractivity contribution in [1.82, 2.24) is 10.6 Å². The molecular weight excluding hydrogens is 144 g/mol. The number of ketones is 1. The minimum Gasteiger partial charge on any atom is -0.385 e. The van der Waals surface area contributed by atoms with E-state index in [0.29, 0.717) is 6.54 Å². The van der Waals surface area contributed by atoms with E-state index < -0.39 is 12.3 Å². The van der Waals surface area contributed by atoms with Crippen molar-refractivity contribution >= 4 is 5.78 Å². The van der Waals surface area contributed by atoms with Gasteiger partial charge in [0.1, 0.15) is 12.3 Å². The Bertz CT molecular complexity index is 177. The molecule has 0 saturated carbocycles. The van der Waals surface area contributed by atoms with Crippen molar-refractivity contribution in [3.8, 4) is 0 Å². The van der Waals surface area contributed by atoms with Gasteiger partial charge in [-0.25, -0.2) is 0 Å². The first-order valence-corrected chi connectivity index (χ1v) is 3.58. The Kier molecular flexibility index (Phi) is 2.62. The van der Waals surface area contributed by atoms with E-state index in [2.05, 4.69) is 10.6 Å². The van der Waals surface area contributed by atoms with Gasteiger partial charge in [0.25, 0.3) is 0 Å². The van der Waals surface area contributed by atoms with Crippen molar-refractivity contribution in [2.24, 2.45) is 0 Å². The van der Waals surface area contributed by atoms with E-state index >= 15 is 0 Å². The lowest BCUT2D eigenvalue weighted by Gasteiger charge is -2.21. The first-order chi connectivity index (χ1) is 5.22. The van der Waals surface area contributed by atoms with Gasteiger partial charge >= 0.3 is 0 Å². The molecule has 0 aromatic rings. The van der Waals surface area contributed by atoms with Crippen LogP contribution in [0.2, 0.25) is 0 Å². The number of carbonyl (C=O) groups excluding carboxylic acids is 1. The zero-order chi connectivity index (χ0) is 8.27. The summed E-state index contributed by atoms with van der Waals surface area (Å²) >= 11 is 0. The Morgan fingerprint density at radius 2 is 2.55 bits per heavy atom. The second-order valence-electron chi connectivity index (χ2n) is 2.49. The Morgan fingerprint density at radius 3 is 3.00 bits per heavy atom. The molecule has 0 bridgehead atoms. The molecule has 1 aliphatic heterocycles. The van der Waals surface area contributed by atoms with E-state index in [4.69, 9.17) is 5.11 Å². The van der Waals surface area contributed by atoms with E-state index in [-0.39, 0.29) is 5.78 Å². The fraction of sp³-hybridized carbons (Fsp3) is 0.571. The summed E-state index contributed by atoms with van der Waals surface area (Å²) in [5.41, 5.74) is 0. The molecule has 0 amide bonds. The van der Waals surface area contributed by atoms with Crippen LogP contribution in [0.5, 0.6) is 0 Å². The Balaban J connectivity index is 2.47. The molecular formula is C7H12N2O2. The lowest BCUT2D eigenvalue weighted by atomic mass is 10.2. The lowest BCUT2D eigenvalue weighted by molar-refractivity contribution is -0.128. The molecule has 4 nitrogen and oxygen atoms in total. The maximum Gasteiger partial charge on any atom is 0.197 e. The maximum absolute atomic E-state index is 11.1. The largest absolute Gasteiger partial charge is 0.385 e. The molecule has 0 fully saturated rings. The number of nitrogens with one attached hydrogen (secondary N) is 2. The van der Waals surface area contributed by atoms with Crippen LogP contribution in [0.4, 0.5) is 0 Å². The quantitative estimate of drug-likeness (QED) is 0.478. The summed E-state index contributed by atoms with van der Waals surface area (Å²) in [6.45, 7) is 2.13. The van der Waals surface area contributed by atoms with Crippen LogP contribution < -0.4 is 10.6 Å². The summed E-state index contributed by atoms with van der Waals surface area (Å²) in [4.78, 5) is 11.1. The van der Waals surface area contributed by atoms with Gasteiger partial charge in [-0.3, -0.25) is 10.1 Å². The molecule has 1 rings (SSSR count). The molecule has 0 radical (unpaired) electrons. The van der Waals surface area contributed by atoms with Crippen molar-refractivity contribution in [3.05, 3.63) is 12.3 Å². The lowest BCUT2D eigenvalue weighted by Crippen LogP contribution is -2.51. The van der Waals surface area contributed by atoms with E-state index in [0.717, 1.165) is 0 Å². The second kappa shape index (κ2) is 3.50. The van der Waals surface area contributed by atoms with E-state index in [1.807, 2.05) is 6.08 Å². The SMILES string of the molecule is CC(O)C(=O)C1NC=CCN1. The molecule has 0 saturated heterocycles. The molecule has 0 aromatic heterocycles. The Morgan fingerprint density at radius 1 is 1.82 bits per heavy atom. The summed E-state index contributed by atoms with van der Waals surface area (Å²) in [5, 5.41) is 14.6. The van der Waals surface area contributed by atoms with Crippen molar-refractivity contribution < 1.29 is 9.90 Å². The molecule has 0 spiro atoms. The number of carbonyl (C=O) groups is 1. The minimum atomic E-state index is -0.911. The molecule has 0 aromatic carbocycles. The first-order valence-electron chi connectivity index (χ1n) is 3.58. The summed E-state index contributed by atoms with van der Waals surface area (Å²) in [6.07, 6.45) is 2.24. The predicted octanol–water partition coefficient (Wildman–Crippen LogP) is -1.03. The zero-order valence-corrected chi connectivity index (χ0v) is 6.37. The van der Waals surface area contributed by atoms with Crippen LogP contribution in [-0.4, -0.2) is 29.7 Å². The van der Waals surface area contributed by atoms with Gasteiger partial charge in [-0.1, -0.05) is 6.08 Å². The third-order valence-electron chi connectivity index (χ3n) is 1.52.